The van der Waals surface area contributed by atoms with E-state index in [-0.39, 0.29) is 70.0 Å². The van der Waals surface area contributed by atoms with Crippen LogP contribution in [0.15, 0.2) is 56.4 Å². The fourth-order valence-electron chi connectivity index (χ4n) is 5.07. The number of hydrogen-bond acceptors (Lipinski definition) is 12. The van der Waals surface area contributed by atoms with Crippen LogP contribution in [0.2, 0.25) is 10.0 Å². The Balaban J connectivity index is 1.84. The summed E-state index contributed by atoms with van der Waals surface area (Å²) in [6, 6.07) is 7.26. The molecule has 2 aromatic carbocycles. The van der Waals surface area contributed by atoms with Gasteiger partial charge < -0.3 is 49.1 Å². The predicted molar refractivity (Wildman–Crippen MR) is 238 cm³/mol. The first kappa shape index (κ1) is 48.7. The number of thioether (sulfide) groups is 2. The minimum atomic E-state index is -0.727. The number of rotatable bonds is 26. The van der Waals surface area contributed by atoms with E-state index in [0.717, 1.165) is 6.33 Å². The summed E-state index contributed by atoms with van der Waals surface area (Å²) in [5, 5.41) is 16.8. The maximum Gasteiger partial charge on any atom is 0.274 e. The number of hydrogen-bond donors (Lipinski definition) is 9. The van der Waals surface area contributed by atoms with Gasteiger partial charge in [-0.3, -0.25) is 38.8 Å². The third-order valence-electron chi connectivity index (χ3n) is 7.72. The number of halogens is 2. The average Bonchev–Trinajstić information content (AvgIpc) is 3.19. The lowest BCUT2D eigenvalue weighted by Crippen LogP contribution is -2.23. The summed E-state index contributed by atoms with van der Waals surface area (Å²) in [7, 11) is 0. The lowest BCUT2D eigenvalue weighted by Gasteiger charge is -2.17. The lowest BCUT2D eigenvalue weighted by atomic mass is 10.2. The third-order valence-corrected chi connectivity index (χ3v) is 10.4. The number of unbranched alkanes of at least 4 members (excludes halogenated alkanes) is 2. The van der Waals surface area contributed by atoms with E-state index in [2.05, 4.69) is 51.9 Å². The van der Waals surface area contributed by atoms with Gasteiger partial charge in [0.05, 0.1) is 38.4 Å². The maximum absolute atomic E-state index is 13.7. The number of aliphatic imine (C=N–C) groups is 2. The average molecular weight is 905 g/mol. The first-order valence-corrected chi connectivity index (χ1v) is 21.2. The number of carbonyl (C=O) groups is 6. The molecule has 19 nitrogen and oxygen atoms in total. The Morgan fingerprint density at radius 3 is 1.47 bits per heavy atom. The SMILES string of the molecule is CC(N)=NCCCCC(=O)Nc1cc(Cl)cc(NC(=O)c2cc(C(=O)Nc3cc(Cl)cc(NC(=O)CCCCN=C(N)N)c3SCCNC=O)ncn2)c1SCCNC=O. The number of benzene rings is 2. The highest BCUT2D eigenvalue weighted by molar-refractivity contribution is 7.99. The van der Waals surface area contributed by atoms with Gasteiger partial charge >= 0.3 is 0 Å². The Bertz CT molecular complexity index is 1910. The first-order chi connectivity index (χ1) is 28.8. The van der Waals surface area contributed by atoms with Crippen LogP contribution >= 0.6 is 46.7 Å². The van der Waals surface area contributed by atoms with Crippen molar-refractivity contribution in [2.75, 3.05) is 59.0 Å². The largest absolute Gasteiger partial charge is 0.388 e. The predicted octanol–water partition coefficient (Wildman–Crippen LogP) is 3.83. The summed E-state index contributed by atoms with van der Waals surface area (Å²) in [6.07, 6.45) is 4.81. The molecule has 0 saturated heterocycles. The molecular formula is C37H47Cl2N13O6S2. The molecule has 0 fully saturated rings. The van der Waals surface area contributed by atoms with Gasteiger partial charge in [-0.05, 0) is 56.9 Å². The van der Waals surface area contributed by atoms with Crippen LogP contribution in [0.1, 0.15) is 66.4 Å². The van der Waals surface area contributed by atoms with E-state index in [4.69, 9.17) is 40.4 Å². The summed E-state index contributed by atoms with van der Waals surface area (Å²) in [4.78, 5) is 92.0. The normalized spacial score (nSPS) is 10.9. The zero-order chi connectivity index (χ0) is 43.9. The topological polar surface area (TPSA) is 303 Å². The molecule has 0 spiro atoms. The van der Waals surface area contributed by atoms with Crippen LogP contribution in [0.5, 0.6) is 0 Å². The van der Waals surface area contributed by atoms with Crippen molar-refractivity contribution in [2.24, 2.45) is 27.2 Å². The molecule has 3 aromatic rings. The Labute approximate surface area is 365 Å². The number of nitrogens with two attached hydrogens (primary N) is 3. The quantitative estimate of drug-likeness (QED) is 0.0182. The standard InChI is InChI=1S/C37H47Cl2N13O6S2/c1-22(40)45-8-4-2-6-31(55)49-25-14-23(38)16-27(33(25)59-12-10-43-20-53)51-35(57)29-18-30(48-19-47-29)36(58)52-28-17-24(39)15-26(34(28)60-13-11-44-21-54)50-32(56)7-3-5-9-46-37(41)42/h14-21H,2-13H2,1H3,(H2,40,45)(H,43,53)(H,44,54)(H,49,55)(H,50,56)(H,51,57)(H,52,58)(H4,41,42,46). The number of amides is 6. The van der Waals surface area contributed by atoms with Crippen LogP contribution in [0.3, 0.4) is 0 Å². The molecule has 1 aromatic heterocycles. The molecule has 0 bridgehead atoms. The summed E-state index contributed by atoms with van der Waals surface area (Å²) in [6.45, 7) is 3.13. The fraction of sp³-hybridized carbons (Fsp3) is 0.351. The van der Waals surface area contributed by atoms with Gasteiger partial charge in [-0.2, -0.15) is 0 Å². The molecule has 0 saturated carbocycles. The second-order valence-electron chi connectivity index (χ2n) is 12.5. The van der Waals surface area contributed by atoms with Crippen molar-refractivity contribution in [1.82, 2.24) is 20.6 Å². The fourth-order valence-corrected chi connectivity index (χ4v) is 7.42. The summed E-state index contributed by atoms with van der Waals surface area (Å²) >= 11 is 15.4. The van der Waals surface area contributed by atoms with E-state index in [1.165, 1.54) is 47.8 Å². The first-order valence-electron chi connectivity index (χ1n) is 18.4. The van der Waals surface area contributed by atoms with E-state index in [1.807, 2.05) is 0 Å². The van der Waals surface area contributed by atoms with Gasteiger partial charge in [-0.15, -0.1) is 23.5 Å². The molecule has 322 valence electrons. The van der Waals surface area contributed by atoms with Gasteiger partial charge in [0.2, 0.25) is 24.6 Å². The Morgan fingerprint density at radius 2 is 1.07 bits per heavy atom. The summed E-state index contributed by atoms with van der Waals surface area (Å²) in [5.41, 5.74) is 17.1. The number of nitrogens with zero attached hydrogens (tertiary/aromatic N) is 4. The highest BCUT2D eigenvalue weighted by Crippen LogP contribution is 2.39. The molecule has 0 atom stereocenters. The zero-order valence-electron chi connectivity index (χ0n) is 32.6. The van der Waals surface area contributed by atoms with Crippen LogP contribution < -0.4 is 49.1 Å². The highest BCUT2D eigenvalue weighted by atomic mass is 35.5. The molecule has 6 amide bonds. The Morgan fingerprint density at radius 1 is 0.650 bits per heavy atom. The highest BCUT2D eigenvalue weighted by Gasteiger charge is 2.21. The lowest BCUT2D eigenvalue weighted by molar-refractivity contribution is -0.117. The molecule has 0 aliphatic carbocycles. The van der Waals surface area contributed by atoms with Crippen LogP contribution in [-0.4, -0.2) is 95.9 Å². The van der Waals surface area contributed by atoms with E-state index in [0.29, 0.717) is 96.6 Å². The van der Waals surface area contributed by atoms with E-state index in [1.54, 1.807) is 13.0 Å². The molecule has 1 heterocycles. The van der Waals surface area contributed by atoms with Crippen molar-refractivity contribution in [2.45, 2.75) is 55.2 Å². The molecule has 3 rings (SSSR count). The number of amidine groups is 1. The van der Waals surface area contributed by atoms with Gasteiger partial charge in [0, 0.05) is 66.6 Å². The van der Waals surface area contributed by atoms with Crippen LogP contribution in [0, 0.1) is 0 Å². The van der Waals surface area contributed by atoms with Gasteiger partial charge in [-0.1, -0.05) is 23.2 Å². The Hall–Kier alpha value is -5.64. The van der Waals surface area contributed by atoms with Crippen LogP contribution in [0.4, 0.5) is 22.7 Å². The van der Waals surface area contributed by atoms with Gasteiger partial charge in [0.15, 0.2) is 5.96 Å². The number of nitrogens with one attached hydrogen (secondary N) is 6. The van der Waals surface area contributed by atoms with E-state index < -0.39 is 11.8 Å². The van der Waals surface area contributed by atoms with Crippen molar-refractivity contribution in [1.29, 1.82) is 0 Å². The molecule has 0 aliphatic rings. The monoisotopic (exact) mass is 903 g/mol. The van der Waals surface area contributed by atoms with E-state index in [9.17, 15) is 28.8 Å². The number of anilines is 4. The second-order valence-corrected chi connectivity index (χ2v) is 15.6. The number of guanidine groups is 1. The van der Waals surface area contributed by atoms with Gasteiger partial charge in [0.25, 0.3) is 11.8 Å². The van der Waals surface area contributed by atoms with Crippen molar-refractivity contribution in [3.05, 3.63) is 58.1 Å². The molecule has 0 unspecified atom stereocenters. The molecule has 0 radical (unpaired) electrons. The molecule has 12 N–H and O–H groups in total. The molecule has 23 heteroatoms. The smallest absolute Gasteiger partial charge is 0.274 e. The van der Waals surface area contributed by atoms with Gasteiger partial charge in [-0.25, -0.2) is 9.97 Å². The summed E-state index contributed by atoms with van der Waals surface area (Å²) < 4.78 is 0. The summed E-state index contributed by atoms with van der Waals surface area (Å²) in [5.74, 6) is -0.869. The van der Waals surface area contributed by atoms with Crippen LogP contribution in [-0.2, 0) is 19.2 Å². The van der Waals surface area contributed by atoms with Crippen molar-refractivity contribution in [3.8, 4) is 0 Å². The van der Waals surface area contributed by atoms with Crippen LogP contribution in [0.25, 0.3) is 0 Å². The third kappa shape index (κ3) is 17.7. The minimum absolute atomic E-state index is 0.0340. The van der Waals surface area contributed by atoms with Gasteiger partial charge in [0.1, 0.15) is 17.7 Å². The maximum atomic E-state index is 13.7. The van der Waals surface area contributed by atoms with Crippen molar-refractivity contribution in [3.63, 3.8) is 0 Å². The second kappa shape index (κ2) is 26.5. The Kier molecular flexibility index (Phi) is 21.5. The zero-order valence-corrected chi connectivity index (χ0v) is 35.8. The molecule has 60 heavy (non-hydrogen) atoms. The van der Waals surface area contributed by atoms with E-state index >= 15 is 0 Å². The van der Waals surface area contributed by atoms with Crippen molar-refractivity contribution < 1.29 is 28.8 Å². The molecular weight excluding hydrogens is 858 g/mol. The molecule has 0 aliphatic heterocycles. The number of aromatic nitrogens is 2. The number of carbonyl (C=O) groups excluding carboxylic acids is 6. The minimum Gasteiger partial charge on any atom is -0.388 e. The van der Waals surface area contributed by atoms with Crippen molar-refractivity contribution >= 4 is 118 Å².